The molecule has 0 heterocycles. The van der Waals surface area contributed by atoms with Gasteiger partial charge < -0.3 is 10.2 Å². The van der Waals surface area contributed by atoms with Crippen LogP contribution in [0.2, 0.25) is 0 Å². The molecule has 86 valence electrons. The Labute approximate surface area is 91.3 Å². The van der Waals surface area contributed by atoms with Crippen molar-refractivity contribution >= 4 is 11.5 Å². The van der Waals surface area contributed by atoms with E-state index in [4.69, 9.17) is 5.11 Å². The topological polar surface area (TPSA) is 101 Å². The van der Waals surface area contributed by atoms with E-state index in [1.807, 2.05) is 0 Å². The number of carbonyl (C=O) groups excluding carboxylic acids is 1. The summed E-state index contributed by atoms with van der Waals surface area (Å²) in [4.78, 5) is 20.7. The molecule has 1 aromatic carbocycles. The van der Waals surface area contributed by atoms with Crippen molar-refractivity contribution in [2.75, 3.05) is 6.61 Å². The van der Waals surface area contributed by atoms with Crippen molar-refractivity contribution in [1.82, 2.24) is 0 Å². The number of nitro groups is 1. The Balaban J connectivity index is 2.73. The van der Waals surface area contributed by atoms with E-state index in [0.717, 1.165) is 0 Å². The minimum atomic E-state index is -1.04. The van der Waals surface area contributed by atoms with Crippen LogP contribution < -0.4 is 0 Å². The van der Waals surface area contributed by atoms with Gasteiger partial charge in [0.05, 0.1) is 11.0 Å². The van der Waals surface area contributed by atoms with Crippen molar-refractivity contribution in [1.29, 1.82) is 0 Å². The molecule has 0 aliphatic carbocycles. The van der Waals surface area contributed by atoms with Gasteiger partial charge in [0, 0.05) is 18.6 Å². The van der Waals surface area contributed by atoms with E-state index in [-0.39, 0.29) is 12.1 Å². The molecule has 0 spiro atoms. The zero-order valence-corrected chi connectivity index (χ0v) is 8.37. The van der Waals surface area contributed by atoms with E-state index in [1.165, 1.54) is 24.3 Å². The second kappa shape index (κ2) is 5.34. The average molecular weight is 225 g/mol. The summed E-state index contributed by atoms with van der Waals surface area (Å²) in [7, 11) is 0. The summed E-state index contributed by atoms with van der Waals surface area (Å²) in [6.45, 7) is -0.621. The van der Waals surface area contributed by atoms with Gasteiger partial charge in [0.1, 0.15) is 6.61 Å². The van der Waals surface area contributed by atoms with Crippen LogP contribution >= 0.6 is 0 Å². The Bertz CT molecular complexity index is 387. The highest BCUT2D eigenvalue weighted by molar-refractivity contribution is 5.80. The number of carbonyl (C=O) groups is 1. The number of rotatable bonds is 5. The number of aliphatic hydroxyl groups excluding tert-OH is 2. The lowest BCUT2D eigenvalue weighted by atomic mass is 10.0. The molecule has 1 atom stereocenters. The van der Waals surface area contributed by atoms with Crippen LogP contribution in [0.4, 0.5) is 5.69 Å². The highest BCUT2D eigenvalue weighted by Gasteiger charge is 2.13. The first-order chi connectivity index (χ1) is 7.54. The van der Waals surface area contributed by atoms with Crippen LogP contribution in [0.25, 0.3) is 0 Å². The summed E-state index contributed by atoms with van der Waals surface area (Å²) >= 11 is 0. The largest absolute Gasteiger partial charge is 0.389 e. The third kappa shape index (κ3) is 3.11. The highest BCUT2D eigenvalue weighted by atomic mass is 16.6. The highest BCUT2D eigenvalue weighted by Crippen LogP contribution is 2.20. The van der Waals surface area contributed by atoms with Crippen LogP contribution in [0.5, 0.6) is 0 Å². The van der Waals surface area contributed by atoms with Crippen LogP contribution in [-0.4, -0.2) is 27.5 Å². The summed E-state index contributed by atoms with van der Waals surface area (Å²) in [6, 6.07) is 5.27. The van der Waals surface area contributed by atoms with Gasteiger partial charge in [-0.25, -0.2) is 0 Å². The second-order valence-corrected chi connectivity index (χ2v) is 3.27. The number of Topliss-reactive ketones (excluding diaryl/α,β-unsaturated/α-hetero) is 1. The number of ketones is 1. The monoisotopic (exact) mass is 225 g/mol. The van der Waals surface area contributed by atoms with E-state index < -0.39 is 23.4 Å². The third-order valence-electron chi connectivity index (χ3n) is 2.09. The van der Waals surface area contributed by atoms with Crippen molar-refractivity contribution in [2.24, 2.45) is 0 Å². The molecule has 0 saturated carbocycles. The van der Waals surface area contributed by atoms with Gasteiger partial charge in [0.15, 0.2) is 5.78 Å². The molecule has 1 rings (SSSR count). The van der Waals surface area contributed by atoms with Crippen LogP contribution in [0, 0.1) is 10.1 Å². The predicted molar refractivity (Wildman–Crippen MR) is 54.8 cm³/mol. The lowest BCUT2D eigenvalue weighted by molar-refractivity contribution is -0.384. The molecule has 0 aromatic heterocycles. The Morgan fingerprint density at radius 2 is 1.94 bits per heavy atom. The van der Waals surface area contributed by atoms with Gasteiger partial charge in [-0.05, 0) is 17.7 Å². The Hall–Kier alpha value is -1.79. The van der Waals surface area contributed by atoms with Crippen molar-refractivity contribution in [3.8, 4) is 0 Å². The summed E-state index contributed by atoms with van der Waals surface area (Å²) in [5.74, 6) is -0.481. The molecule has 6 nitrogen and oxygen atoms in total. The standard InChI is InChI=1S/C10H11NO5/c12-6-9(13)5-10(14)7-1-3-8(4-2-7)11(15)16/h1-4,10,12,14H,5-6H2. The quantitative estimate of drug-likeness (QED) is 0.563. The minimum Gasteiger partial charge on any atom is -0.389 e. The molecule has 0 bridgehead atoms. The number of aliphatic hydroxyl groups is 2. The van der Waals surface area contributed by atoms with Crippen LogP contribution in [-0.2, 0) is 4.79 Å². The molecule has 6 heteroatoms. The second-order valence-electron chi connectivity index (χ2n) is 3.27. The molecule has 0 fully saturated rings. The summed E-state index contributed by atoms with van der Waals surface area (Å²) in [6.07, 6.45) is -1.24. The number of hydrogen-bond donors (Lipinski definition) is 2. The van der Waals surface area contributed by atoms with Crippen molar-refractivity contribution in [3.05, 3.63) is 39.9 Å². The number of nitrogens with zero attached hydrogens (tertiary/aromatic N) is 1. The molecular weight excluding hydrogens is 214 g/mol. The fraction of sp³-hybridized carbons (Fsp3) is 0.300. The molecule has 0 aliphatic rings. The van der Waals surface area contributed by atoms with E-state index in [0.29, 0.717) is 5.56 Å². The minimum absolute atomic E-state index is 0.0792. The van der Waals surface area contributed by atoms with E-state index >= 15 is 0 Å². The molecule has 16 heavy (non-hydrogen) atoms. The molecule has 1 unspecified atom stereocenters. The molecule has 0 radical (unpaired) electrons. The average Bonchev–Trinajstić information content (AvgIpc) is 2.28. The number of nitro benzene ring substituents is 1. The Morgan fingerprint density at radius 1 is 1.38 bits per heavy atom. The van der Waals surface area contributed by atoms with Gasteiger partial charge in [0.25, 0.3) is 5.69 Å². The molecular formula is C10H11NO5. The molecule has 0 amide bonds. The smallest absolute Gasteiger partial charge is 0.269 e. The first-order valence-electron chi connectivity index (χ1n) is 4.59. The van der Waals surface area contributed by atoms with Gasteiger partial charge in [-0.2, -0.15) is 0 Å². The maximum atomic E-state index is 10.9. The first kappa shape index (κ1) is 12.3. The molecule has 0 saturated heterocycles. The predicted octanol–water partition coefficient (Wildman–Crippen LogP) is 0.580. The summed E-state index contributed by atoms with van der Waals surface area (Å²) < 4.78 is 0. The summed E-state index contributed by atoms with van der Waals surface area (Å²) in [5.41, 5.74) is 0.330. The zero-order valence-electron chi connectivity index (χ0n) is 8.37. The van der Waals surface area contributed by atoms with E-state index in [9.17, 15) is 20.0 Å². The van der Waals surface area contributed by atoms with Gasteiger partial charge in [-0.3, -0.25) is 14.9 Å². The number of benzene rings is 1. The van der Waals surface area contributed by atoms with E-state index in [1.54, 1.807) is 0 Å². The van der Waals surface area contributed by atoms with Crippen LogP contribution in [0.3, 0.4) is 0 Å². The lowest BCUT2D eigenvalue weighted by Crippen LogP contribution is -2.09. The van der Waals surface area contributed by atoms with Gasteiger partial charge >= 0.3 is 0 Å². The van der Waals surface area contributed by atoms with Crippen LogP contribution in [0.1, 0.15) is 18.1 Å². The lowest BCUT2D eigenvalue weighted by Gasteiger charge is -2.08. The molecule has 2 N–H and O–H groups in total. The van der Waals surface area contributed by atoms with Gasteiger partial charge in [-0.15, -0.1) is 0 Å². The Morgan fingerprint density at radius 3 is 2.38 bits per heavy atom. The maximum absolute atomic E-state index is 10.9. The van der Waals surface area contributed by atoms with Gasteiger partial charge in [-0.1, -0.05) is 0 Å². The van der Waals surface area contributed by atoms with E-state index in [2.05, 4.69) is 0 Å². The summed E-state index contributed by atoms with van der Waals surface area (Å²) in [5, 5.41) is 28.4. The fourth-order valence-corrected chi connectivity index (χ4v) is 1.22. The molecule has 0 aliphatic heterocycles. The Kier molecular flexibility index (Phi) is 4.10. The van der Waals surface area contributed by atoms with Crippen molar-refractivity contribution < 1.29 is 19.9 Å². The molecule has 1 aromatic rings. The number of non-ortho nitro benzene ring substituents is 1. The van der Waals surface area contributed by atoms with Crippen molar-refractivity contribution in [2.45, 2.75) is 12.5 Å². The maximum Gasteiger partial charge on any atom is 0.269 e. The normalized spacial score (nSPS) is 12.1. The SMILES string of the molecule is O=C(CO)CC(O)c1ccc([N+](=O)[O-])cc1. The van der Waals surface area contributed by atoms with Gasteiger partial charge in [0.2, 0.25) is 0 Å². The first-order valence-corrected chi connectivity index (χ1v) is 4.59. The zero-order chi connectivity index (χ0) is 12.1. The van der Waals surface area contributed by atoms with Crippen molar-refractivity contribution in [3.63, 3.8) is 0 Å². The van der Waals surface area contributed by atoms with Crippen LogP contribution in [0.15, 0.2) is 24.3 Å². The number of hydrogen-bond acceptors (Lipinski definition) is 5. The fourth-order valence-electron chi connectivity index (χ4n) is 1.22. The third-order valence-corrected chi connectivity index (χ3v) is 2.09.